The zero-order valence-electron chi connectivity index (χ0n) is 11.3. The van der Waals surface area contributed by atoms with Crippen LogP contribution in [0.15, 0.2) is 52.8 Å². The molecule has 1 heterocycles. The minimum atomic E-state index is -3.39. The van der Waals surface area contributed by atoms with Crippen molar-refractivity contribution in [2.45, 2.75) is 11.8 Å². The van der Waals surface area contributed by atoms with Crippen molar-refractivity contribution in [3.8, 4) is 5.75 Å². The Hall–Kier alpha value is -2.14. The van der Waals surface area contributed by atoms with Crippen LogP contribution in [0.5, 0.6) is 5.75 Å². The molecule has 0 aliphatic carbocycles. The summed E-state index contributed by atoms with van der Waals surface area (Å²) in [5, 5.41) is 1.24. The summed E-state index contributed by atoms with van der Waals surface area (Å²) in [4.78, 5) is 0.320. The van der Waals surface area contributed by atoms with Crippen LogP contribution in [-0.4, -0.2) is 15.0 Å². The molecule has 1 aliphatic rings. The summed E-state index contributed by atoms with van der Waals surface area (Å²) < 4.78 is 42.6. The van der Waals surface area contributed by atoms with E-state index in [0.29, 0.717) is 21.8 Å². The quantitative estimate of drug-likeness (QED) is 0.873. The van der Waals surface area contributed by atoms with Crippen molar-refractivity contribution in [2.24, 2.45) is 0 Å². The molecular weight excluding hydrogens is 291 g/mol. The monoisotopic (exact) mass is 304 g/mol. The molecule has 0 aromatic heterocycles. The van der Waals surface area contributed by atoms with Gasteiger partial charge in [-0.1, -0.05) is 12.1 Å². The van der Waals surface area contributed by atoms with Crippen molar-refractivity contribution in [2.75, 3.05) is 6.61 Å². The van der Waals surface area contributed by atoms with Gasteiger partial charge in [0.05, 0.1) is 4.90 Å². The molecule has 0 unspecified atom stereocenters. The van der Waals surface area contributed by atoms with Gasteiger partial charge in [0.1, 0.15) is 18.2 Å². The number of hydrogen-bond donors (Lipinski definition) is 0. The molecule has 1 aliphatic heterocycles. The maximum Gasteiger partial charge on any atom is 0.200 e. The Labute approximate surface area is 122 Å². The molecule has 2 aromatic rings. The van der Waals surface area contributed by atoms with E-state index in [0.717, 1.165) is 5.56 Å². The van der Waals surface area contributed by atoms with Crippen LogP contribution in [0.4, 0.5) is 4.39 Å². The topological polar surface area (TPSA) is 43.4 Å². The molecule has 0 saturated heterocycles. The number of benzene rings is 2. The highest BCUT2D eigenvalue weighted by Gasteiger charge is 2.28. The number of aryl methyl sites for hydroxylation is 1. The first-order valence-electron chi connectivity index (χ1n) is 6.41. The Morgan fingerprint density at radius 1 is 1.10 bits per heavy atom. The predicted octanol–water partition coefficient (Wildman–Crippen LogP) is 3.34. The molecule has 2 aromatic carbocycles. The second-order valence-electron chi connectivity index (χ2n) is 4.88. The summed E-state index contributed by atoms with van der Waals surface area (Å²) in [6.07, 6.45) is 0. The standard InChI is InChI=1S/C16H13FO3S/c1-11-3-2-4-15-16(11)12(10-21(15,18)19)9-20-14-7-5-13(17)6-8-14/h2-8,10H,9H2,1H3. The van der Waals surface area contributed by atoms with Gasteiger partial charge in [-0.25, -0.2) is 12.8 Å². The van der Waals surface area contributed by atoms with Crippen molar-refractivity contribution >= 4 is 15.4 Å². The average molecular weight is 304 g/mol. The summed E-state index contributed by atoms with van der Waals surface area (Å²) in [6, 6.07) is 10.8. The van der Waals surface area contributed by atoms with Gasteiger partial charge in [-0.3, -0.25) is 0 Å². The van der Waals surface area contributed by atoms with Crippen LogP contribution >= 0.6 is 0 Å². The summed E-state index contributed by atoms with van der Waals surface area (Å²) in [5.74, 6) is 0.155. The molecule has 0 atom stereocenters. The summed E-state index contributed by atoms with van der Waals surface area (Å²) in [7, 11) is -3.39. The fourth-order valence-corrected chi connectivity index (χ4v) is 3.93. The maximum absolute atomic E-state index is 12.8. The van der Waals surface area contributed by atoms with Crippen molar-refractivity contribution in [1.29, 1.82) is 0 Å². The minimum Gasteiger partial charge on any atom is -0.489 e. The first kappa shape index (κ1) is 13.8. The molecule has 0 radical (unpaired) electrons. The van der Waals surface area contributed by atoms with Crippen LogP contribution < -0.4 is 4.74 Å². The lowest BCUT2D eigenvalue weighted by atomic mass is 10.0. The largest absolute Gasteiger partial charge is 0.489 e. The van der Waals surface area contributed by atoms with E-state index >= 15 is 0 Å². The third-order valence-corrected chi connectivity index (χ3v) is 4.92. The summed E-state index contributed by atoms with van der Waals surface area (Å²) in [5.41, 5.74) is 2.22. The Balaban J connectivity index is 1.89. The highest BCUT2D eigenvalue weighted by Crippen LogP contribution is 2.35. The Morgan fingerprint density at radius 2 is 1.81 bits per heavy atom. The van der Waals surface area contributed by atoms with Gasteiger partial charge in [-0.15, -0.1) is 0 Å². The maximum atomic E-state index is 12.8. The zero-order chi connectivity index (χ0) is 15.0. The van der Waals surface area contributed by atoms with E-state index < -0.39 is 9.84 Å². The van der Waals surface area contributed by atoms with Gasteiger partial charge in [0.2, 0.25) is 9.84 Å². The smallest absolute Gasteiger partial charge is 0.200 e. The normalized spacial score (nSPS) is 15.4. The molecular formula is C16H13FO3S. The zero-order valence-corrected chi connectivity index (χ0v) is 12.2. The molecule has 0 fully saturated rings. The van der Waals surface area contributed by atoms with Crippen LogP contribution in [0, 0.1) is 12.7 Å². The second-order valence-corrected chi connectivity index (χ2v) is 6.64. The van der Waals surface area contributed by atoms with Gasteiger partial charge in [-0.2, -0.15) is 0 Å². The van der Waals surface area contributed by atoms with Gasteiger partial charge >= 0.3 is 0 Å². The molecule has 0 bridgehead atoms. The van der Waals surface area contributed by atoms with Crippen molar-refractivity contribution in [3.63, 3.8) is 0 Å². The lowest BCUT2D eigenvalue weighted by Crippen LogP contribution is -2.01. The van der Waals surface area contributed by atoms with Crippen LogP contribution in [-0.2, 0) is 9.84 Å². The summed E-state index contributed by atoms with van der Waals surface area (Å²) >= 11 is 0. The molecule has 0 spiro atoms. The number of rotatable bonds is 3. The van der Waals surface area contributed by atoms with E-state index in [1.54, 1.807) is 12.1 Å². The van der Waals surface area contributed by atoms with Crippen molar-refractivity contribution in [1.82, 2.24) is 0 Å². The van der Waals surface area contributed by atoms with Crippen LogP contribution in [0.3, 0.4) is 0 Å². The van der Waals surface area contributed by atoms with Gasteiger partial charge < -0.3 is 4.74 Å². The van der Waals surface area contributed by atoms with Gasteiger partial charge in [0.15, 0.2) is 0 Å². The first-order chi connectivity index (χ1) is 9.97. The van der Waals surface area contributed by atoms with Crippen LogP contribution in [0.1, 0.15) is 11.1 Å². The lowest BCUT2D eigenvalue weighted by molar-refractivity contribution is 0.369. The Bertz CT molecular complexity index is 821. The van der Waals surface area contributed by atoms with E-state index in [9.17, 15) is 12.8 Å². The summed E-state index contributed by atoms with van der Waals surface area (Å²) in [6.45, 7) is 1.99. The van der Waals surface area contributed by atoms with E-state index in [1.807, 2.05) is 13.0 Å². The molecule has 21 heavy (non-hydrogen) atoms. The molecule has 108 valence electrons. The van der Waals surface area contributed by atoms with Gasteiger partial charge in [0.25, 0.3) is 0 Å². The lowest BCUT2D eigenvalue weighted by Gasteiger charge is -2.10. The van der Waals surface area contributed by atoms with Gasteiger partial charge in [-0.05, 0) is 42.8 Å². The van der Waals surface area contributed by atoms with E-state index in [-0.39, 0.29) is 12.4 Å². The Kier molecular flexibility index (Phi) is 3.29. The SMILES string of the molecule is Cc1cccc2c1C(COc1ccc(F)cc1)=CS2(=O)=O. The van der Waals surface area contributed by atoms with E-state index in [2.05, 4.69) is 0 Å². The third kappa shape index (κ3) is 2.56. The minimum absolute atomic E-state index is 0.128. The molecule has 0 saturated carbocycles. The van der Waals surface area contributed by atoms with Gasteiger partial charge in [0, 0.05) is 16.5 Å². The fraction of sp³-hybridized carbons (Fsp3) is 0.125. The van der Waals surface area contributed by atoms with Crippen LogP contribution in [0.2, 0.25) is 0 Å². The first-order valence-corrected chi connectivity index (χ1v) is 7.96. The highest BCUT2D eigenvalue weighted by atomic mass is 32.2. The number of hydrogen-bond acceptors (Lipinski definition) is 3. The van der Waals surface area contributed by atoms with E-state index in [4.69, 9.17) is 4.74 Å². The van der Waals surface area contributed by atoms with Crippen molar-refractivity contribution in [3.05, 3.63) is 64.8 Å². The molecule has 3 nitrogen and oxygen atoms in total. The van der Waals surface area contributed by atoms with E-state index in [1.165, 1.54) is 29.7 Å². The average Bonchev–Trinajstić information content (AvgIpc) is 2.71. The van der Waals surface area contributed by atoms with Crippen LogP contribution in [0.25, 0.3) is 5.57 Å². The van der Waals surface area contributed by atoms with Crippen molar-refractivity contribution < 1.29 is 17.5 Å². The predicted molar refractivity (Wildman–Crippen MR) is 78.2 cm³/mol. The Morgan fingerprint density at radius 3 is 2.52 bits per heavy atom. The third-order valence-electron chi connectivity index (χ3n) is 3.37. The molecule has 0 amide bonds. The molecule has 0 N–H and O–H groups in total. The molecule has 5 heteroatoms. The number of sulfone groups is 1. The number of ether oxygens (including phenoxy) is 1. The number of fused-ring (bicyclic) bond motifs is 1. The molecule has 3 rings (SSSR count). The number of halogens is 1. The highest BCUT2D eigenvalue weighted by molar-refractivity contribution is 7.95. The second kappa shape index (κ2) is 5.00. The fourth-order valence-electron chi connectivity index (χ4n) is 2.40.